The van der Waals surface area contributed by atoms with Crippen LogP contribution < -0.4 is 21.5 Å². The molecule has 0 amide bonds. The lowest BCUT2D eigenvalue weighted by Crippen LogP contribution is -3.00. The van der Waals surface area contributed by atoms with Crippen LogP contribution in [0.4, 0.5) is 0 Å². The van der Waals surface area contributed by atoms with Gasteiger partial charge in [-0.2, -0.15) is 0 Å². The average molecular weight is 421 g/mol. The first-order valence-corrected chi connectivity index (χ1v) is 6.13. The molecule has 0 atom stereocenters. The van der Waals surface area contributed by atoms with Crippen LogP contribution in [0.15, 0.2) is 9.21 Å². The van der Waals surface area contributed by atoms with Gasteiger partial charge in [0.15, 0.2) is 6.54 Å². The molecule has 1 heterocycles. The molecule has 0 aliphatic carbocycles. The van der Waals surface area contributed by atoms with Crippen molar-refractivity contribution in [2.24, 2.45) is 7.05 Å². The highest BCUT2D eigenvalue weighted by molar-refractivity contribution is 9.13. The number of carbonyl (C=O) groups is 1. The molecule has 0 bridgehead atoms. The molecule has 0 unspecified atom stereocenters. The summed E-state index contributed by atoms with van der Waals surface area (Å²) in [7, 11) is 1.92. The minimum Gasteiger partial charge on any atom is -1.00 e. The quantitative estimate of drug-likeness (QED) is 0.451. The number of carbonyl (C=O) groups excluding carboxylic acids is 1. The topological polar surface area (TPSA) is 35.1 Å². The van der Waals surface area contributed by atoms with Gasteiger partial charge >= 0.3 is 5.97 Å². The molecule has 0 aliphatic rings. The lowest BCUT2D eigenvalue weighted by atomic mass is 10.6. The summed E-state index contributed by atoms with van der Waals surface area (Å²) in [6.07, 6.45) is 0. The van der Waals surface area contributed by atoms with Crippen LogP contribution in [0.2, 0.25) is 0 Å². The van der Waals surface area contributed by atoms with Crippen molar-refractivity contribution in [2.45, 2.75) is 20.4 Å². The molecule has 4 nitrogen and oxygen atoms in total. The second kappa shape index (κ2) is 6.76. The standard InChI is InChI=1S/C9H13Br2N2O2.BrH/c1-4-15-7(14)5-13-6(2)12(3)8(10)9(13)11;/h4-5H2,1-3H3;1H/q+1;/p-1. The van der Waals surface area contributed by atoms with E-state index in [0.29, 0.717) is 6.61 Å². The van der Waals surface area contributed by atoms with Crippen LogP contribution in [-0.2, 0) is 23.1 Å². The Balaban J connectivity index is 0.00000225. The fraction of sp³-hybridized carbons (Fsp3) is 0.556. The van der Waals surface area contributed by atoms with Crippen molar-refractivity contribution in [1.82, 2.24) is 4.57 Å². The molecule has 0 saturated carbocycles. The zero-order chi connectivity index (χ0) is 11.6. The van der Waals surface area contributed by atoms with E-state index in [1.54, 1.807) is 6.92 Å². The number of ether oxygens (including phenoxy) is 1. The minimum absolute atomic E-state index is 0. The third kappa shape index (κ3) is 3.30. The van der Waals surface area contributed by atoms with Gasteiger partial charge in [0.1, 0.15) is 0 Å². The number of rotatable bonds is 3. The first-order chi connectivity index (χ1) is 6.99. The van der Waals surface area contributed by atoms with Crippen LogP contribution in [0, 0.1) is 6.92 Å². The second-order valence-corrected chi connectivity index (χ2v) is 4.58. The summed E-state index contributed by atoms with van der Waals surface area (Å²) in [5.41, 5.74) is 0. The molecule has 0 radical (unpaired) electrons. The van der Waals surface area contributed by atoms with Gasteiger partial charge in [-0.1, -0.05) is 0 Å². The number of hydrogen-bond donors (Lipinski definition) is 0. The van der Waals surface area contributed by atoms with Gasteiger partial charge in [-0.3, -0.25) is 0 Å². The van der Waals surface area contributed by atoms with Crippen LogP contribution in [0.3, 0.4) is 0 Å². The fourth-order valence-electron chi connectivity index (χ4n) is 1.23. The summed E-state index contributed by atoms with van der Waals surface area (Å²) in [5, 5.41) is 0. The van der Waals surface area contributed by atoms with Crippen molar-refractivity contribution in [3.8, 4) is 0 Å². The second-order valence-electron chi connectivity index (χ2n) is 3.08. The number of hydrogen-bond acceptors (Lipinski definition) is 2. The van der Waals surface area contributed by atoms with Crippen molar-refractivity contribution in [1.29, 1.82) is 0 Å². The number of nitrogens with zero attached hydrogens (tertiary/aromatic N) is 2. The van der Waals surface area contributed by atoms with E-state index in [9.17, 15) is 4.79 Å². The highest BCUT2D eigenvalue weighted by atomic mass is 79.9. The summed E-state index contributed by atoms with van der Waals surface area (Å²) in [4.78, 5) is 11.3. The molecule has 1 rings (SSSR count). The molecule has 0 fully saturated rings. The lowest BCUT2D eigenvalue weighted by molar-refractivity contribution is -0.688. The van der Waals surface area contributed by atoms with Crippen LogP contribution in [0.1, 0.15) is 12.7 Å². The number of aromatic nitrogens is 2. The Morgan fingerprint density at radius 2 is 2.06 bits per heavy atom. The Hall–Kier alpha value is 0.120. The lowest BCUT2D eigenvalue weighted by Gasteiger charge is -2.00. The van der Waals surface area contributed by atoms with Gasteiger partial charge in [-0.25, -0.2) is 13.9 Å². The molecule has 0 saturated heterocycles. The molecule has 1 aromatic heterocycles. The van der Waals surface area contributed by atoms with Crippen molar-refractivity contribution >= 4 is 37.8 Å². The first-order valence-electron chi connectivity index (χ1n) is 4.54. The Bertz CT molecular complexity index is 365. The van der Waals surface area contributed by atoms with E-state index < -0.39 is 0 Å². The maximum atomic E-state index is 11.3. The van der Waals surface area contributed by atoms with Gasteiger partial charge in [0, 0.05) is 38.8 Å². The van der Waals surface area contributed by atoms with Crippen LogP contribution in [-0.4, -0.2) is 17.1 Å². The zero-order valence-electron chi connectivity index (χ0n) is 9.26. The number of esters is 1. The molecule has 1 aromatic rings. The van der Waals surface area contributed by atoms with E-state index in [4.69, 9.17) is 4.74 Å². The van der Waals surface area contributed by atoms with E-state index in [1.807, 2.05) is 23.1 Å². The molecule has 92 valence electrons. The Labute approximate surface area is 122 Å². The molecule has 7 heteroatoms. The van der Waals surface area contributed by atoms with Crippen LogP contribution in [0.25, 0.3) is 0 Å². The first kappa shape index (κ1) is 16.1. The van der Waals surface area contributed by atoms with Gasteiger partial charge in [-0.05, 0) is 6.92 Å². The number of halogens is 3. The van der Waals surface area contributed by atoms with E-state index in [1.165, 1.54) is 0 Å². The zero-order valence-corrected chi connectivity index (χ0v) is 14.0. The molecular formula is C9H13Br3N2O2. The minimum atomic E-state index is -0.232. The molecule has 0 aromatic carbocycles. The van der Waals surface area contributed by atoms with Gasteiger partial charge in [0.25, 0.3) is 5.82 Å². The fourth-order valence-corrected chi connectivity index (χ4v) is 2.35. The third-order valence-electron chi connectivity index (χ3n) is 2.17. The van der Waals surface area contributed by atoms with Crippen molar-refractivity contribution < 1.29 is 31.1 Å². The molecule has 0 aliphatic heterocycles. The van der Waals surface area contributed by atoms with Gasteiger partial charge < -0.3 is 21.7 Å². The summed E-state index contributed by atoms with van der Waals surface area (Å²) in [6, 6.07) is 0. The predicted octanol–water partition coefficient (Wildman–Crippen LogP) is -1.29. The monoisotopic (exact) mass is 418 g/mol. The molecule has 0 N–H and O–H groups in total. The van der Waals surface area contributed by atoms with Crippen molar-refractivity contribution in [3.05, 3.63) is 15.0 Å². The van der Waals surface area contributed by atoms with E-state index in [0.717, 1.165) is 15.0 Å². The van der Waals surface area contributed by atoms with Crippen LogP contribution in [0.5, 0.6) is 0 Å². The summed E-state index contributed by atoms with van der Waals surface area (Å²) in [5.74, 6) is 0.742. The van der Waals surface area contributed by atoms with Gasteiger partial charge in [0.05, 0.1) is 13.7 Å². The molecule has 0 spiro atoms. The Morgan fingerprint density at radius 1 is 1.50 bits per heavy atom. The van der Waals surface area contributed by atoms with Crippen molar-refractivity contribution in [2.75, 3.05) is 6.61 Å². The summed E-state index contributed by atoms with van der Waals surface area (Å²) < 4.78 is 10.4. The maximum absolute atomic E-state index is 11.3. The van der Waals surface area contributed by atoms with E-state index >= 15 is 0 Å². The highest BCUT2D eigenvalue weighted by Crippen LogP contribution is 2.21. The Morgan fingerprint density at radius 3 is 2.44 bits per heavy atom. The van der Waals surface area contributed by atoms with Crippen LogP contribution >= 0.6 is 31.9 Å². The Kier molecular flexibility index (Phi) is 6.81. The molecule has 16 heavy (non-hydrogen) atoms. The van der Waals surface area contributed by atoms with Gasteiger partial charge in [-0.15, -0.1) is 0 Å². The third-order valence-corrected chi connectivity index (χ3v) is 4.41. The van der Waals surface area contributed by atoms with E-state index in [-0.39, 0.29) is 29.5 Å². The van der Waals surface area contributed by atoms with Gasteiger partial charge in [0.2, 0.25) is 9.21 Å². The predicted molar refractivity (Wildman–Crippen MR) is 62.4 cm³/mol. The van der Waals surface area contributed by atoms with E-state index in [2.05, 4.69) is 31.9 Å². The highest BCUT2D eigenvalue weighted by Gasteiger charge is 2.24. The maximum Gasteiger partial charge on any atom is 0.348 e. The summed E-state index contributed by atoms with van der Waals surface area (Å²) >= 11 is 6.84. The SMILES string of the molecule is CCOC(=O)Cn1c(Br)c(Br)[n+](C)c1C.[Br-]. The largest absolute Gasteiger partial charge is 1.00 e. The average Bonchev–Trinajstić information content (AvgIpc) is 2.36. The normalized spacial score (nSPS) is 9.81. The smallest absolute Gasteiger partial charge is 0.348 e. The van der Waals surface area contributed by atoms with Crippen molar-refractivity contribution in [3.63, 3.8) is 0 Å². The number of imidazole rings is 1. The summed E-state index contributed by atoms with van der Waals surface area (Å²) in [6.45, 7) is 4.36. The molecular weight excluding hydrogens is 408 g/mol.